The van der Waals surface area contributed by atoms with E-state index >= 15 is 0 Å². The fourth-order valence-electron chi connectivity index (χ4n) is 1.29. The summed E-state index contributed by atoms with van der Waals surface area (Å²) >= 11 is 0. The van der Waals surface area contributed by atoms with Gasteiger partial charge in [0, 0.05) is 12.6 Å². The second kappa shape index (κ2) is 4.08. The second-order valence-electron chi connectivity index (χ2n) is 4.42. The van der Waals surface area contributed by atoms with Gasteiger partial charge in [0.15, 0.2) is 0 Å². The van der Waals surface area contributed by atoms with Crippen LogP contribution in [0.1, 0.15) is 26.2 Å². The number of nitrogens with zero attached hydrogens (tertiary/aromatic N) is 2. The summed E-state index contributed by atoms with van der Waals surface area (Å²) in [6.45, 7) is 2.96. The minimum absolute atomic E-state index is 0.328. The van der Waals surface area contributed by atoms with E-state index < -0.39 is 0 Å². The smallest absolute Gasteiger partial charge is 0.105 e. The number of hydrogen-bond acceptors (Lipinski definition) is 3. The maximum Gasteiger partial charge on any atom is 0.105 e. The van der Waals surface area contributed by atoms with Crippen molar-refractivity contribution in [1.29, 1.82) is 5.26 Å². The molecule has 0 aromatic heterocycles. The van der Waals surface area contributed by atoms with Crippen LogP contribution in [0.25, 0.3) is 0 Å². The van der Waals surface area contributed by atoms with E-state index in [1.165, 1.54) is 12.8 Å². The van der Waals surface area contributed by atoms with Crippen molar-refractivity contribution in [3.05, 3.63) is 0 Å². The number of nitrogens with one attached hydrogen (secondary N) is 1. The molecule has 1 saturated carbocycles. The standard InChI is InChI=1S/C10H19N3/c1-10(8-11,6-7-13(2)3)12-9-4-5-9/h9,12H,4-7H2,1-3H3. The summed E-state index contributed by atoms with van der Waals surface area (Å²) in [5, 5.41) is 12.4. The van der Waals surface area contributed by atoms with Gasteiger partial charge >= 0.3 is 0 Å². The molecule has 1 N–H and O–H groups in total. The van der Waals surface area contributed by atoms with Gasteiger partial charge in [-0.2, -0.15) is 5.26 Å². The minimum atomic E-state index is -0.328. The molecule has 0 bridgehead atoms. The van der Waals surface area contributed by atoms with Gasteiger partial charge in [0.1, 0.15) is 5.54 Å². The molecule has 0 aromatic carbocycles. The maximum atomic E-state index is 9.04. The van der Waals surface area contributed by atoms with Gasteiger partial charge in [-0.25, -0.2) is 0 Å². The Bertz CT molecular complexity index is 203. The van der Waals surface area contributed by atoms with Crippen molar-refractivity contribution in [3.63, 3.8) is 0 Å². The van der Waals surface area contributed by atoms with Crippen molar-refractivity contribution in [1.82, 2.24) is 10.2 Å². The zero-order valence-corrected chi connectivity index (χ0v) is 8.80. The zero-order chi connectivity index (χ0) is 9.90. The molecule has 1 atom stereocenters. The first-order valence-electron chi connectivity index (χ1n) is 4.89. The fourth-order valence-corrected chi connectivity index (χ4v) is 1.29. The zero-order valence-electron chi connectivity index (χ0n) is 8.80. The lowest BCUT2D eigenvalue weighted by Gasteiger charge is -2.24. The molecule has 0 aliphatic heterocycles. The van der Waals surface area contributed by atoms with Crippen molar-refractivity contribution in [2.75, 3.05) is 20.6 Å². The summed E-state index contributed by atoms with van der Waals surface area (Å²) in [5.41, 5.74) is -0.328. The first-order valence-corrected chi connectivity index (χ1v) is 4.89. The molecule has 13 heavy (non-hydrogen) atoms. The molecular weight excluding hydrogens is 162 g/mol. The van der Waals surface area contributed by atoms with E-state index in [4.69, 9.17) is 5.26 Å². The van der Waals surface area contributed by atoms with E-state index in [1.807, 2.05) is 21.0 Å². The van der Waals surface area contributed by atoms with Crippen LogP contribution < -0.4 is 5.32 Å². The maximum absolute atomic E-state index is 9.04. The van der Waals surface area contributed by atoms with Crippen molar-refractivity contribution in [2.24, 2.45) is 0 Å². The molecule has 0 radical (unpaired) electrons. The summed E-state index contributed by atoms with van der Waals surface area (Å²) in [5.74, 6) is 0. The highest BCUT2D eigenvalue weighted by Gasteiger charge is 2.32. The van der Waals surface area contributed by atoms with E-state index in [0.717, 1.165) is 13.0 Å². The van der Waals surface area contributed by atoms with Crippen LogP contribution in [0.3, 0.4) is 0 Å². The third kappa shape index (κ3) is 3.75. The van der Waals surface area contributed by atoms with Gasteiger partial charge in [-0.3, -0.25) is 5.32 Å². The number of nitriles is 1. The fraction of sp³-hybridized carbons (Fsp3) is 0.900. The Labute approximate surface area is 80.7 Å². The Hall–Kier alpha value is -0.590. The lowest BCUT2D eigenvalue weighted by molar-refractivity contribution is 0.327. The third-order valence-corrected chi connectivity index (χ3v) is 2.41. The van der Waals surface area contributed by atoms with Crippen LogP contribution in [0.2, 0.25) is 0 Å². The highest BCUT2D eigenvalue weighted by atomic mass is 15.1. The van der Waals surface area contributed by atoms with Gasteiger partial charge in [-0.1, -0.05) is 0 Å². The van der Waals surface area contributed by atoms with Gasteiger partial charge < -0.3 is 4.90 Å². The Balaban J connectivity index is 2.34. The Kier molecular flexibility index (Phi) is 3.29. The summed E-state index contributed by atoms with van der Waals surface area (Å²) < 4.78 is 0. The van der Waals surface area contributed by atoms with Crippen molar-refractivity contribution in [2.45, 2.75) is 37.8 Å². The van der Waals surface area contributed by atoms with E-state index in [9.17, 15) is 0 Å². The predicted molar refractivity (Wildman–Crippen MR) is 53.3 cm³/mol. The van der Waals surface area contributed by atoms with Gasteiger partial charge in [-0.05, 0) is 40.3 Å². The number of hydrogen-bond donors (Lipinski definition) is 1. The average Bonchev–Trinajstić information content (AvgIpc) is 2.85. The molecule has 1 aliphatic rings. The molecule has 74 valence electrons. The Morgan fingerprint density at radius 2 is 2.15 bits per heavy atom. The molecule has 3 nitrogen and oxygen atoms in total. The highest BCUT2D eigenvalue weighted by molar-refractivity contribution is 5.07. The van der Waals surface area contributed by atoms with E-state index in [1.54, 1.807) is 0 Å². The summed E-state index contributed by atoms with van der Waals surface area (Å²) in [7, 11) is 4.07. The normalized spacial score (nSPS) is 21.2. The second-order valence-corrected chi connectivity index (χ2v) is 4.42. The minimum Gasteiger partial charge on any atom is -0.309 e. The van der Waals surface area contributed by atoms with Crippen LogP contribution >= 0.6 is 0 Å². The molecule has 1 fully saturated rings. The largest absolute Gasteiger partial charge is 0.309 e. The molecule has 1 aliphatic carbocycles. The van der Waals surface area contributed by atoms with Gasteiger partial charge in [0.25, 0.3) is 0 Å². The molecule has 1 rings (SSSR count). The number of rotatable bonds is 5. The van der Waals surface area contributed by atoms with Crippen LogP contribution in [0.4, 0.5) is 0 Å². The van der Waals surface area contributed by atoms with E-state index in [-0.39, 0.29) is 5.54 Å². The van der Waals surface area contributed by atoms with Crippen LogP contribution in [0.15, 0.2) is 0 Å². The summed E-state index contributed by atoms with van der Waals surface area (Å²) in [6, 6.07) is 2.97. The molecule has 0 heterocycles. The first kappa shape index (κ1) is 10.5. The Morgan fingerprint density at radius 3 is 2.54 bits per heavy atom. The van der Waals surface area contributed by atoms with Crippen LogP contribution in [0.5, 0.6) is 0 Å². The molecule has 1 unspecified atom stereocenters. The Morgan fingerprint density at radius 1 is 1.54 bits per heavy atom. The molecule has 0 saturated heterocycles. The first-order chi connectivity index (χ1) is 6.06. The molecule has 0 amide bonds. The van der Waals surface area contributed by atoms with E-state index in [0.29, 0.717) is 6.04 Å². The van der Waals surface area contributed by atoms with Crippen LogP contribution in [-0.2, 0) is 0 Å². The lowest BCUT2D eigenvalue weighted by Crippen LogP contribution is -2.44. The summed E-state index contributed by atoms with van der Waals surface area (Å²) in [6.07, 6.45) is 3.37. The highest BCUT2D eigenvalue weighted by Crippen LogP contribution is 2.23. The van der Waals surface area contributed by atoms with Crippen LogP contribution in [-0.4, -0.2) is 37.1 Å². The molecule has 3 heteroatoms. The van der Waals surface area contributed by atoms with Gasteiger partial charge in [0.2, 0.25) is 0 Å². The van der Waals surface area contributed by atoms with Gasteiger partial charge in [0.05, 0.1) is 6.07 Å². The topological polar surface area (TPSA) is 39.1 Å². The van der Waals surface area contributed by atoms with Gasteiger partial charge in [-0.15, -0.1) is 0 Å². The quantitative estimate of drug-likeness (QED) is 0.687. The summed E-state index contributed by atoms with van der Waals surface area (Å²) in [4.78, 5) is 2.12. The third-order valence-electron chi connectivity index (χ3n) is 2.41. The molecule has 0 aromatic rings. The van der Waals surface area contributed by atoms with Crippen molar-refractivity contribution >= 4 is 0 Å². The monoisotopic (exact) mass is 181 g/mol. The predicted octanol–water partition coefficient (Wildman–Crippen LogP) is 0.972. The lowest BCUT2D eigenvalue weighted by atomic mass is 9.99. The average molecular weight is 181 g/mol. The van der Waals surface area contributed by atoms with Crippen LogP contribution in [0, 0.1) is 11.3 Å². The SMILES string of the molecule is CN(C)CCC(C)(C#N)NC1CC1. The molecular formula is C10H19N3. The van der Waals surface area contributed by atoms with Crippen molar-refractivity contribution in [3.8, 4) is 6.07 Å². The van der Waals surface area contributed by atoms with Crippen molar-refractivity contribution < 1.29 is 0 Å². The van der Waals surface area contributed by atoms with E-state index in [2.05, 4.69) is 16.3 Å². The molecule has 0 spiro atoms.